The highest BCUT2D eigenvalue weighted by molar-refractivity contribution is 6.62. The number of hydrogen-bond donors (Lipinski definition) is 1. The second kappa shape index (κ2) is 7.84. The first kappa shape index (κ1) is 22.0. The Balaban J connectivity index is 1.56. The van der Waals surface area contributed by atoms with E-state index in [9.17, 15) is 4.79 Å². The molecule has 0 radical (unpaired) electrons. The van der Waals surface area contributed by atoms with E-state index in [1.165, 1.54) is 0 Å². The molecule has 0 spiro atoms. The van der Waals surface area contributed by atoms with Crippen LogP contribution >= 0.6 is 0 Å². The van der Waals surface area contributed by atoms with E-state index in [0.717, 1.165) is 24.0 Å². The lowest BCUT2D eigenvalue weighted by molar-refractivity contribution is 0.00578. The van der Waals surface area contributed by atoms with Gasteiger partial charge >= 0.3 is 13.2 Å². The first-order chi connectivity index (χ1) is 13.4. The third-order valence-electron chi connectivity index (χ3n) is 5.93. The Hall–Kier alpha value is -1.73. The van der Waals surface area contributed by atoms with Gasteiger partial charge in [-0.3, -0.25) is 0 Å². The van der Waals surface area contributed by atoms with Gasteiger partial charge < -0.3 is 24.3 Å². The molecule has 1 aromatic carbocycles. The van der Waals surface area contributed by atoms with Crippen molar-refractivity contribution in [3.63, 3.8) is 0 Å². The maximum absolute atomic E-state index is 12.2. The summed E-state index contributed by atoms with van der Waals surface area (Å²) in [6.45, 7) is 15.3. The molecule has 6 nitrogen and oxygen atoms in total. The van der Waals surface area contributed by atoms with Crippen LogP contribution < -0.4 is 10.8 Å². The summed E-state index contributed by atoms with van der Waals surface area (Å²) in [5.74, 6) is 0. The maximum Gasteiger partial charge on any atom is 0.494 e. The van der Waals surface area contributed by atoms with Crippen molar-refractivity contribution in [2.75, 3.05) is 18.4 Å². The lowest BCUT2D eigenvalue weighted by atomic mass is 9.79. The Labute approximate surface area is 175 Å². The highest BCUT2D eigenvalue weighted by Gasteiger charge is 2.51. The van der Waals surface area contributed by atoms with Crippen molar-refractivity contribution >= 4 is 24.4 Å². The van der Waals surface area contributed by atoms with Crippen LogP contribution in [0.25, 0.3) is 0 Å². The van der Waals surface area contributed by atoms with Gasteiger partial charge in [-0.05, 0) is 78.9 Å². The summed E-state index contributed by atoms with van der Waals surface area (Å²) in [5, 5.41) is 3.60. The molecular formula is C22H35BN2O4. The number of hydrogen-bond acceptors (Lipinski definition) is 5. The Morgan fingerprint density at radius 3 is 2.28 bits per heavy atom. The van der Waals surface area contributed by atoms with Crippen LogP contribution in [-0.4, -0.2) is 54.0 Å². The van der Waals surface area contributed by atoms with Crippen molar-refractivity contribution in [1.29, 1.82) is 0 Å². The first-order valence-corrected chi connectivity index (χ1v) is 10.6. The van der Waals surface area contributed by atoms with Crippen LogP contribution in [0.1, 0.15) is 61.3 Å². The molecule has 2 fully saturated rings. The summed E-state index contributed by atoms with van der Waals surface area (Å²) in [6.07, 6.45) is 1.55. The van der Waals surface area contributed by atoms with E-state index in [2.05, 4.69) is 45.1 Å². The average Bonchev–Trinajstić information content (AvgIpc) is 2.82. The number of benzene rings is 1. The molecular weight excluding hydrogens is 367 g/mol. The zero-order valence-electron chi connectivity index (χ0n) is 18.9. The molecule has 0 atom stereocenters. The summed E-state index contributed by atoms with van der Waals surface area (Å²) in [7, 11) is -0.365. The minimum atomic E-state index is -0.458. The van der Waals surface area contributed by atoms with Crippen molar-refractivity contribution in [3.8, 4) is 0 Å². The van der Waals surface area contributed by atoms with E-state index < -0.39 is 5.60 Å². The number of likely N-dealkylation sites (tertiary alicyclic amines) is 1. The van der Waals surface area contributed by atoms with Crippen LogP contribution in [-0.2, 0) is 14.0 Å². The topological polar surface area (TPSA) is 60.0 Å². The predicted octanol–water partition coefficient (Wildman–Crippen LogP) is 3.80. The Morgan fingerprint density at radius 2 is 1.72 bits per heavy atom. The summed E-state index contributed by atoms with van der Waals surface area (Å²) < 4.78 is 17.8. The van der Waals surface area contributed by atoms with E-state index in [1.807, 2.05) is 32.9 Å². The van der Waals surface area contributed by atoms with Crippen LogP contribution in [0.4, 0.5) is 10.5 Å². The molecule has 7 heteroatoms. The molecule has 29 heavy (non-hydrogen) atoms. The smallest absolute Gasteiger partial charge is 0.444 e. The zero-order chi connectivity index (χ0) is 21.4. The SMILES string of the molecule is CC(C)(C)OC(=O)N1CCC(Nc2cccc(B3OC(C)(C)C(C)(C)O3)c2)CC1. The molecule has 2 heterocycles. The highest BCUT2D eigenvalue weighted by atomic mass is 16.7. The van der Waals surface area contributed by atoms with Crippen LogP contribution in [0.2, 0.25) is 0 Å². The molecule has 2 aliphatic heterocycles. The molecule has 0 unspecified atom stereocenters. The van der Waals surface area contributed by atoms with Crippen molar-refractivity contribution in [2.45, 2.75) is 84.2 Å². The van der Waals surface area contributed by atoms with Gasteiger partial charge in [0.1, 0.15) is 5.60 Å². The van der Waals surface area contributed by atoms with E-state index in [1.54, 1.807) is 4.90 Å². The Morgan fingerprint density at radius 1 is 1.14 bits per heavy atom. The molecule has 0 aromatic heterocycles. The molecule has 2 saturated heterocycles. The number of rotatable bonds is 3. The second-order valence-electron chi connectivity index (χ2n) is 10.1. The van der Waals surface area contributed by atoms with Crippen molar-refractivity contribution in [3.05, 3.63) is 24.3 Å². The van der Waals surface area contributed by atoms with E-state index in [0.29, 0.717) is 19.1 Å². The fourth-order valence-corrected chi connectivity index (χ4v) is 3.52. The molecule has 1 aromatic rings. The lowest BCUT2D eigenvalue weighted by Crippen LogP contribution is -2.44. The number of carbonyl (C=O) groups excluding carboxylic acids is 1. The van der Waals surface area contributed by atoms with Crippen LogP contribution in [0.3, 0.4) is 0 Å². The van der Waals surface area contributed by atoms with Crippen molar-refractivity contribution in [1.82, 2.24) is 4.90 Å². The number of nitrogens with zero attached hydrogens (tertiary/aromatic N) is 1. The van der Waals surface area contributed by atoms with Gasteiger partial charge in [0.2, 0.25) is 0 Å². The highest BCUT2D eigenvalue weighted by Crippen LogP contribution is 2.36. The quantitative estimate of drug-likeness (QED) is 0.780. The lowest BCUT2D eigenvalue weighted by Gasteiger charge is -2.34. The number of nitrogens with one attached hydrogen (secondary N) is 1. The van der Waals surface area contributed by atoms with Crippen molar-refractivity contribution < 1.29 is 18.8 Å². The van der Waals surface area contributed by atoms with Gasteiger partial charge in [0.25, 0.3) is 0 Å². The van der Waals surface area contributed by atoms with Gasteiger partial charge in [0.05, 0.1) is 11.2 Å². The Bertz CT molecular complexity index is 721. The van der Waals surface area contributed by atoms with E-state index in [-0.39, 0.29) is 24.4 Å². The standard InChI is InChI=1S/C22H35BN2O4/c1-20(2,3)27-19(26)25-13-11-17(12-14-25)24-18-10-8-9-16(15-18)23-28-21(4,5)22(6,7)29-23/h8-10,15,17,24H,11-14H2,1-7H3. The predicted molar refractivity (Wildman–Crippen MR) is 117 cm³/mol. The van der Waals surface area contributed by atoms with E-state index in [4.69, 9.17) is 14.0 Å². The van der Waals surface area contributed by atoms with Crippen LogP contribution in [0.5, 0.6) is 0 Å². The minimum absolute atomic E-state index is 0.223. The number of carbonyl (C=O) groups is 1. The average molecular weight is 402 g/mol. The molecule has 160 valence electrons. The maximum atomic E-state index is 12.2. The first-order valence-electron chi connectivity index (χ1n) is 10.6. The third kappa shape index (κ3) is 5.26. The molecule has 3 rings (SSSR count). The van der Waals surface area contributed by atoms with Gasteiger partial charge in [-0.1, -0.05) is 12.1 Å². The summed E-state index contributed by atoms with van der Waals surface area (Å²) >= 11 is 0. The number of anilines is 1. The van der Waals surface area contributed by atoms with Gasteiger partial charge in [-0.15, -0.1) is 0 Å². The van der Waals surface area contributed by atoms with E-state index >= 15 is 0 Å². The number of amides is 1. The van der Waals surface area contributed by atoms with Gasteiger partial charge in [0.15, 0.2) is 0 Å². The van der Waals surface area contributed by atoms with Crippen LogP contribution in [0.15, 0.2) is 24.3 Å². The normalized spacial score (nSPS) is 21.9. The van der Waals surface area contributed by atoms with Gasteiger partial charge in [0, 0.05) is 24.8 Å². The van der Waals surface area contributed by atoms with Crippen LogP contribution in [0, 0.1) is 0 Å². The monoisotopic (exact) mass is 402 g/mol. The van der Waals surface area contributed by atoms with Gasteiger partial charge in [-0.25, -0.2) is 4.79 Å². The minimum Gasteiger partial charge on any atom is -0.444 e. The fraction of sp³-hybridized carbons (Fsp3) is 0.682. The number of ether oxygens (including phenoxy) is 1. The summed E-state index contributed by atoms with van der Waals surface area (Å²) in [5.41, 5.74) is 0.901. The molecule has 0 saturated carbocycles. The van der Waals surface area contributed by atoms with Crippen molar-refractivity contribution in [2.24, 2.45) is 0 Å². The summed E-state index contributed by atoms with van der Waals surface area (Å²) in [4.78, 5) is 14.0. The molecule has 0 aliphatic carbocycles. The van der Waals surface area contributed by atoms with Gasteiger partial charge in [-0.2, -0.15) is 0 Å². The number of piperidine rings is 1. The molecule has 1 amide bonds. The Kier molecular flexibility index (Phi) is 5.94. The fourth-order valence-electron chi connectivity index (χ4n) is 3.52. The zero-order valence-corrected chi connectivity index (χ0v) is 18.9. The molecule has 0 bridgehead atoms. The largest absolute Gasteiger partial charge is 0.494 e. The molecule has 1 N–H and O–H groups in total. The summed E-state index contributed by atoms with van der Waals surface area (Å²) in [6, 6.07) is 8.55. The molecule has 2 aliphatic rings. The second-order valence-corrected chi connectivity index (χ2v) is 10.1. The third-order valence-corrected chi connectivity index (χ3v) is 5.93.